The summed E-state index contributed by atoms with van der Waals surface area (Å²) < 4.78 is 26.6. The van der Waals surface area contributed by atoms with Crippen molar-refractivity contribution >= 4 is 21.4 Å². The Hall–Kier alpha value is -3.23. The van der Waals surface area contributed by atoms with E-state index in [0.29, 0.717) is 28.9 Å². The van der Waals surface area contributed by atoms with Gasteiger partial charge in [-0.15, -0.1) is 11.3 Å². The van der Waals surface area contributed by atoms with E-state index in [-0.39, 0.29) is 17.5 Å². The zero-order valence-electron chi connectivity index (χ0n) is 25.9. The van der Waals surface area contributed by atoms with Gasteiger partial charge in [0, 0.05) is 22.0 Å². The van der Waals surface area contributed by atoms with Crippen LogP contribution in [-0.2, 0) is 6.42 Å². The van der Waals surface area contributed by atoms with Crippen molar-refractivity contribution in [3.63, 3.8) is 0 Å². The van der Waals surface area contributed by atoms with Gasteiger partial charge in [-0.05, 0) is 77.6 Å². The van der Waals surface area contributed by atoms with Crippen LogP contribution < -0.4 is 0 Å². The summed E-state index contributed by atoms with van der Waals surface area (Å²) in [4.78, 5) is 5.81. The van der Waals surface area contributed by atoms with Gasteiger partial charge in [-0.3, -0.25) is 4.98 Å². The minimum Gasteiger partial charge on any atom is -0.255 e. The molecule has 0 unspecified atom stereocenters. The summed E-state index contributed by atoms with van der Waals surface area (Å²) in [7, 11) is 0. The number of rotatable bonds is 5. The molecule has 0 spiro atoms. The Labute approximate surface area is 230 Å². The lowest BCUT2D eigenvalue weighted by Gasteiger charge is -2.18. The van der Waals surface area contributed by atoms with Crippen molar-refractivity contribution in [1.29, 1.82) is 0 Å². The van der Waals surface area contributed by atoms with Crippen molar-refractivity contribution in [1.82, 2.24) is 4.98 Å². The number of thiophene rings is 1. The van der Waals surface area contributed by atoms with Gasteiger partial charge < -0.3 is 0 Å². The molecule has 0 bridgehead atoms. The molecule has 0 aliphatic rings. The average molecular weight is 507 g/mol. The van der Waals surface area contributed by atoms with Crippen molar-refractivity contribution in [3.8, 4) is 32.8 Å². The van der Waals surface area contributed by atoms with Crippen LogP contribution in [0.4, 0.5) is 0 Å². The Kier molecular flexibility index (Phi) is 5.84. The number of fused-ring (bicyclic) bond motifs is 1. The summed E-state index contributed by atoms with van der Waals surface area (Å²) in [6.07, 6.45) is 1.25. The van der Waals surface area contributed by atoms with Crippen LogP contribution in [0.25, 0.3) is 42.9 Å². The molecule has 5 aromatic rings. The monoisotopic (exact) mass is 506 g/mol. The van der Waals surface area contributed by atoms with E-state index in [1.165, 1.54) is 27.1 Å². The van der Waals surface area contributed by atoms with Crippen molar-refractivity contribution in [2.75, 3.05) is 0 Å². The fourth-order valence-electron chi connectivity index (χ4n) is 5.14. The number of hydrogen-bond donors (Lipinski definition) is 0. The Morgan fingerprint density at radius 3 is 2.05 bits per heavy atom. The zero-order chi connectivity index (χ0) is 28.9. The van der Waals surface area contributed by atoms with Gasteiger partial charge in [0.1, 0.15) is 0 Å². The number of aromatic nitrogens is 1. The Morgan fingerprint density at radius 2 is 1.43 bits per heavy atom. The van der Waals surface area contributed by atoms with Gasteiger partial charge in [-0.2, -0.15) is 0 Å². The molecule has 2 aromatic heterocycles. The van der Waals surface area contributed by atoms with Crippen molar-refractivity contribution < 1.29 is 4.11 Å². The molecule has 0 saturated carbocycles. The Balaban J connectivity index is 1.60. The second-order valence-corrected chi connectivity index (χ2v) is 12.6. The van der Waals surface area contributed by atoms with Crippen LogP contribution in [0.3, 0.4) is 0 Å². The predicted octanol–water partition coefficient (Wildman–Crippen LogP) is 10.6. The van der Waals surface area contributed by atoms with Gasteiger partial charge in [-0.1, -0.05) is 100 Å². The SMILES string of the molecule is [2H]c1cc2c(C(C)C)c(-c3ccc(-c4ccc(CC(C)(C)C)cc4)cc3)sc2c(-c2cc(C)c([2H])c(C)c2[2H])n1. The topological polar surface area (TPSA) is 12.9 Å². The van der Waals surface area contributed by atoms with Crippen LogP contribution in [0, 0.1) is 19.3 Å². The van der Waals surface area contributed by atoms with E-state index in [4.69, 9.17) is 4.11 Å². The van der Waals surface area contributed by atoms with Gasteiger partial charge in [0.15, 0.2) is 0 Å². The fourth-order valence-corrected chi connectivity index (χ4v) is 6.59. The maximum absolute atomic E-state index is 8.77. The van der Waals surface area contributed by atoms with Crippen molar-refractivity contribution in [2.24, 2.45) is 5.41 Å². The molecule has 0 aliphatic heterocycles. The molecule has 0 fully saturated rings. The van der Waals surface area contributed by atoms with Gasteiger partial charge in [0.05, 0.1) is 14.5 Å². The largest absolute Gasteiger partial charge is 0.255 e. The van der Waals surface area contributed by atoms with Crippen LogP contribution in [-0.4, -0.2) is 4.98 Å². The molecular formula is C35H37NS. The van der Waals surface area contributed by atoms with Gasteiger partial charge in [0.2, 0.25) is 0 Å². The summed E-state index contributed by atoms with van der Waals surface area (Å²) in [5.74, 6) is 0.253. The lowest BCUT2D eigenvalue weighted by Crippen LogP contribution is -2.08. The average Bonchev–Trinajstić information content (AvgIpc) is 3.28. The van der Waals surface area contributed by atoms with Crippen LogP contribution in [0.1, 0.15) is 66.9 Å². The third-order valence-electron chi connectivity index (χ3n) is 6.65. The highest BCUT2D eigenvalue weighted by molar-refractivity contribution is 7.23. The minimum atomic E-state index is 0.198. The highest BCUT2D eigenvalue weighted by Crippen LogP contribution is 2.45. The molecule has 0 radical (unpaired) electrons. The first-order chi connectivity index (χ1) is 18.8. The summed E-state index contributed by atoms with van der Waals surface area (Å²) in [6.45, 7) is 14.9. The molecule has 2 heterocycles. The van der Waals surface area contributed by atoms with E-state index in [9.17, 15) is 0 Å². The second-order valence-electron chi connectivity index (χ2n) is 11.6. The van der Waals surface area contributed by atoms with Crippen molar-refractivity contribution in [3.05, 3.63) is 101 Å². The minimum absolute atomic E-state index is 0.198. The number of aryl methyl sites for hydroxylation is 1. The molecule has 0 saturated heterocycles. The third kappa shape index (κ3) is 5.40. The molecule has 3 aromatic carbocycles. The highest BCUT2D eigenvalue weighted by atomic mass is 32.1. The first kappa shape index (κ1) is 21.8. The van der Waals surface area contributed by atoms with Crippen LogP contribution >= 0.6 is 11.3 Å². The molecule has 0 N–H and O–H groups in total. The molecule has 0 aliphatic carbocycles. The lowest BCUT2D eigenvalue weighted by atomic mass is 9.87. The molecule has 1 nitrogen and oxygen atoms in total. The quantitative estimate of drug-likeness (QED) is 0.231. The van der Waals surface area contributed by atoms with Crippen LogP contribution in [0.2, 0.25) is 0 Å². The van der Waals surface area contributed by atoms with E-state index in [0.717, 1.165) is 27.6 Å². The fraction of sp³-hybridized carbons (Fsp3) is 0.286. The summed E-state index contributed by atoms with van der Waals surface area (Å²) in [6, 6.07) is 22.1. The Morgan fingerprint density at radius 1 is 0.811 bits per heavy atom. The smallest absolute Gasteiger partial charge is 0.0880 e. The molecule has 5 rings (SSSR count). The maximum atomic E-state index is 8.77. The summed E-state index contributed by atoms with van der Waals surface area (Å²) >= 11 is 1.69. The third-order valence-corrected chi connectivity index (χ3v) is 7.93. The van der Waals surface area contributed by atoms with Crippen LogP contribution in [0.5, 0.6) is 0 Å². The first-order valence-electron chi connectivity index (χ1n) is 14.6. The van der Waals surface area contributed by atoms with E-state index in [2.05, 4.69) is 88.1 Å². The van der Waals surface area contributed by atoms with Gasteiger partial charge >= 0.3 is 0 Å². The summed E-state index contributed by atoms with van der Waals surface area (Å²) in [5, 5.41) is 1.04. The second kappa shape index (κ2) is 9.91. The molecule has 0 atom stereocenters. The lowest BCUT2D eigenvalue weighted by molar-refractivity contribution is 0.411. The molecular weight excluding hydrogens is 466 g/mol. The van der Waals surface area contributed by atoms with E-state index in [1.807, 2.05) is 26.0 Å². The van der Waals surface area contributed by atoms with Crippen molar-refractivity contribution in [2.45, 2.75) is 60.8 Å². The normalized spacial score (nSPS) is 13.1. The molecule has 0 amide bonds. The van der Waals surface area contributed by atoms with Gasteiger partial charge in [0.25, 0.3) is 0 Å². The number of nitrogens with zero attached hydrogens (tertiary/aromatic N) is 1. The zero-order valence-corrected chi connectivity index (χ0v) is 23.7. The predicted molar refractivity (Wildman–Crippen MR) is 163 cm³/mol. The molecule has 37 heavy (non-hydrogen) atoms. The molecule has 188 valence electrons. The maximum Gasteiger partial charge on any atom is 0.0880 e. The van der Waals surface area contributed by atoms with E-state index < -0.39 is 0 Å². The van der Waals surface area contributed by atoms with E-state index >= 15 is 0 Å². The highest BCUT2D eigenvalue weighted by Gasteiger charge is 2.20. The first-order valence-corrected chi connectivity index (χ1v) is 13.9. The summed E-state index contributed by atoms with van der Waals surface area (Å²) in [5.41, 5.74) is 9.21. The standard InChI is InChI=1S/C35H37NS/c1-22(2)31-30-16-17-36-32(29-19-23(3)18-24(4)20-29)34(30)37-33(31)28-14-12-27(13-15-28)26-10-8-25(9-11-26)21-35(5,6)7/h8-20,22H,21H2,1-7H3/i17D,18D,19D. The van der Waals surface area contributed by atoms with E-state index in [1.54, 1.807) is 11.3 Å². The molecule has 2 heteroatoms. The Bertz CT molecular complexity index is 1710. The number of pyridine rings is 1. The number of hydrogen-bond acceptors (Lipinski definition) is 2. The van der Waals surface area contributed by atoms with Crippen LogP contribution in [0.15, 0.2) is 78.9 Å². The van der Waals surface area contributed by atoms with Gasteiger partial charge in [-0.25, -0.2) is 0 Å². The number of benzene rings is 3.